The highest BCUT2D eigenvalue weighted by Crippen LogP contribution is 2.17. The molecule has 51 heavy (non-hydrogen) atoms. The molecule has 0 bridgehead atoms. The number of amides is 1. The van der Waals surface area contributed by atoms with E-state index in [0.29, 0.717) is 12.8 Å². The van der Waals surface area contributed by atoms with Gasteiger partial charge in [-0.1, -0.05) is 245 Å². The third-order valence-electron chi connectivity index (χ3n) is 11.2. The molecular formula is C46H93NO4. The first-order valence-corrected chi connectivity index (χ1v) is 23.3. The lowest BCUT2D eigenvalue weighted by molar-refractivity contribution is -0.124. The zero-order valence-corrected chi connectivity index (χ0v) is 34.8. The van der Waals surface area contributed by atoms with Crippen molar-refractivity contribution in [2.75, 3.05) is 6.61 Å². The molecule has 0 aliphatic carbocycles. The molecule has 0 aromatic heterocycles. The van der Waals surface area contributed by atoms with Crippen LogP contribution in [0.4, 0.5) is 0 Å². The molecule has 5 heteroatoms. The van der Waals surface area contributed by atoms with Crippen molar-refractivity contribution >= 4 is 5.91 Å². The van der Waals surface area contributed by atoms with Gasteiger partial charge in [0.15, 0.2) is 0 Å². The van der Waals surface area contributed by atoms with Crippen LogP contribution < -0.4 is 5.32 Å². The van der Waals surface area contributed by atoms with Gasteiger partial charge in [-0.3, -0.25) is 4.79 Å². The molecular weight excluding hydrogens is 631 g/mol. The number of nitrogens with one attached hydrogen (secondary N) is 1. The van der Waals surface area contributed by atoms with Crippen molar-refractivity contribution in [2.45, 2.75) is 283 Å². The first kappa shape index (κ1) is 50.4. The van der Waals surface area contributed by atoms with Crippen LogP contribution in [0.15, 0.2) is 0 Å². The number of aliphatic hydroxyl groups is 3. The topological polar surface area (TPSA) is 89.8 Å². The number of aliphatic hydroxyl groups excluding tert-OH is 3. The van der Waals surface area contributed by atoms with Gasteiger partial charge in [0.05, 0.1) is 18.8 Å². The zero-order valence-electron chi connectivity index (χ0n) is 34.8. The van der Waals surface area contributed by atoms with Crippen LogP contribution in [-0.4, -0.2) is 46.1 Å². The second-order valence-electron chi connectivity index (χ2n) is 16.3. The number of hydrogen-bond donors (Lipinski definition) is 4. The van der Waals surface area contributed by atoms with Crippen LogP contribution in [-0.2, 0) is 4.79 Å². The quantitative estimate of drug-likeness (QED) is 0.0472. The Balaban J connectivity index is 3.56. The Morgan fingerprint density at radius 3 is 0.941 bits per heavy atom. The number of unbranched alkanes of at least 4 members (excludes halogenated alkanes) is 35. The third-order valence-corrected chi connectivity index (χ3v) is 11.2. The standard InChI is InChI=1S/C46H93NO4/c1-3-5-7-9-11-13-15-17-19-21-23-25-27-29-31-33-35-37-39-41-45(50)47-43(42-48)46(51)44(49)40-38-36-34-32-30-28-26-24-22-20-18-16-14-12-10-8-6-4-2/h43-44,46,48-49,51H,3-42H2,1-2H3,(H,47,50). The Labute approximate surface area is 319 Å². The van der Waals surface area contributed by atoms with Crippen LogP contribution >= 0.6 is 0 Å². The van der Waals surface area contributed by atoms with E-state index in [1.54, 1.807) is 0 Å². The maximum atomic E-state index is 12.4. The summed E-state index contributed by atoms with van der Waals surface area (Å²) in [5.74, 6) is -0.138. The average molecular weight is 724 g/mol. The van der Waals surface area contributed by atoms with Crippen molar-refractivity contribution < 1.29 is 20.1 Å². The summed E-state index contributed by atoms with van der Waals surface area (Å²) in [4.78, 5) is 12.4. The molecule has 4 N–H and O–H groups in total. The second-order valence-corrected chi connectivity index (χ2v) is 16.3. The third kappa shape index (κ3) is 37.5. The van der Waals surface area contributed by atoms with E-state index in [2.05, 4.69) is 19.2 Å². The molecule has 5 nitrogen and oxygen atoms in total. The molecule has 3 atom stereocenters. The summed E-state index contributed by atoms with van der Waals surface area (Å²) in [6.45, 7) is 4.21. The summed E-state index contributed by atoms with van der Waals surface area (Å²) < 4.78 is 0. The highest BCUT2D eigenvalue weighted by atomic mass is 16.3. The van der Waals surface area contributed by atoms with E-state index in [9.17, 15) is 20.1 Å². The molecule has 0 fully saturated rings. The number of hydrogen-bond acceptors (Lipinski definition) is 4. The van der Waals surface area contributed by atoms with Crippen LogP contribution in [0.3, 0.4) is 0 Å². The van der Waals surface area contributed by atoms with Gasteiger partial charge < -0.3 is 20.6 Å². The van der Waals surface area contributed by atoms with Crippen LogP contribution in [0, 0.1) is 0 Å². The number of carbonyl (C=O) groups is 1. The van der Waals surface area contributed by atoms with E-state index in [1.165, 1.54) is 205 Å². The van der Waals surface area contributed by atoms with E-state index in [0.717, 1.165) is 32.1 Å². The summed E-state index contributed by atoms with van der Waals surface area (Å²) in [5, 5.41) is 33.6. The van der Waals surface area contributed by atoms with Crippen molar-refractivity contribution in [1.29, 1.82) is 0 Å². The van der Waals surface area contributed by atoms with Gasteiger partial charge in [0, 0.05) is 6.42 Å². The van der Waals surface area contributed by atoms with Crippen LogP contribution in [0.5, 0.6) is 0 Å². The van der Waals surface area contributed by atoms with Crippen molar-refractivity contribution in [3.8, 4) is 0 Å². The predicted octanol–water partition coefficient (Wildman–Crippen LogP) is 13.4. The van der Waals surface area contributed by atoms with Gasteiger partial charge in [0.25, 0.3) is 0 Å². The molecule has 0 spiro atoms. The lowest BCUT2D eigenvalue weighted by atomic mass is 9.99. The number of carbonyl (C=O) groups excluding carboxylic acids is 1. The molecule has 0 aliphatic rings. The van der Waals surface area contributed by atoms with Crippen molar-refractivity contribution in [3.05, 3.63) is 0 Å². The maximum absolute atomic E-state index is 12.4. The molecule has 0 heterocycles. The second kappa shape index (κ2) is 42.1. The van der Waals surface area contributed by atoms with Gasteiger partial charge >= 0.3 is 0 Å². The molecule has 0 rings (SSSR count). The zero-order chi connectivity index (χ0) is 37.3. The maximum Gasteiger partial charge on any atom is 0.220 e. The Kier molecular flexibility index (Phi) is 41.6. The van der Waals surface area contributed by atoms with Gasteiger partial charge in [-0.25, -0.2) is 0 Å². The molecule has 0 saturated heterocycles. The highest BCUT2D eigenvalue weighted by Gasteiger charge is 2.26. The fraction of sp³-hybridized carbons (Fsp3) is 0.978. The van der Waals surface area contributed by atoms with E-state index < -0.39 is 18.2 Å². The largest absolute Gasteiger partial charge is 0.394 e. The van der Waals surface area contributed by atoms with Crippen LogP contribution in [0.1, 0.15) is 264 Å². The Bertz CT molecular complexity index is 674. The Hall–Kier alpha value is -0.650. The summed E-state index contributed by atoms with van der Waals surface area (Å²) in [5.41, 5.74) is 0. The van der Waals surface area contributed by atoms with E-state index >= 15 is 0 Å². The average Bonchev–Trinajstić information content (AvgIpc) is 3.13. The normalized spacial score (nSPS) is 13.4. The molecule has 0 aromatic carbocycles. The van der Waals surface area contributed by atoms with Crippen molar-refractivity contribution in [1.82, 2.24) is 5.32 Å². The minimum atomic E-state index is -1.13. The van der Waals surface area contributed by atoms with E-state index in [1.807, 2.05) is 0 Å². The SMILES string of the molecule is CCCCCCCCCCCCCCCCCCCCCC(=O)NC(CO)C(O)C(O)CCCCCCCCCCCCCCCCCCCC. The summed E-state index contributed by atoms with van der Waals surface area (Å²) in [6, 6.07) is -0.802. The fourth-order valence-corrected chi connectivity index (χ4v) is 7.58. The van der Waals surface area contributed by atoms with Crippen molar-refractivity contribution in [3.63, 3.8) is 0 Å². The first-order valence-electron chi connectivity index (χ1n) is 23.3. The van der Waals surface area contributed by atoms with Gasteiger partial charge in [-0.15, -0.1) is 0 Å². The first-order chi connectivity index (χ1) is 25.1. The molecule has 0 aliphatic heterocycles. The highest BCUT2D eigenvalue weighted by molar-refractivity contribution is 5.76. The van der Waals surface area contributed by atoms with E-state index in [4.69, 9.17) is 0 Å². The Morgan fingerprint density at radius 1 is 0.412 bits per heavy atom. The molecule has 3 unspecified atom stereocenters. The van der Waals surface area contributed by atoms with Crippen molar-refractivity contribution in [2.24, 2.45) is 0 Å². The van der Waals surface area contributed by atoms with Gasteiger partial charge in [0.2, 0.25) is 5.91 Å². The molecule has 306 valence electrons. The van der Waals surface area contributed by atoms with Gasteiger partial charge in [0.1, 0.15) is 6.10 Å². The number of rotatable bonds is 43. The predicted molar refractivity (Wildman–Crippen MR) is 222 cm³/mol. The van der Waals surface area contributed by atoms with Crippen LogP contribution in [0.2, 0.25) is 0 Å². The minimum Gasteiger partial charge on any atom is -0.394 e. The summed E-state index contributed by atoms with van der Waals surface area (Å²) in [6.07, 6.45) is 47.8. The Morgan fingerprint density at radius 2 is 0.667 bits per heavy atom. The lowest BCUT2D eigenvalue weighted by Gasteiger charge is -2.26. The van der Waals surface area contributed by atoms with Crippen LogP contribution in [0.25, 0.3) is 0 Å². The lowest BCUT2D eigenvalue weighted by Crippen LogP contribution is -2.50. The van der Waals surface area contributed by atoms with E-state index in [-0.39, 0.29) is 12.5 Å². The van der Waals surface area contributed by atoms with Gasteiger partial charge in [-0.05, 0) is 12.8 Å². The molecule has 1 amide bonds. The molecule has 0 radical (unpaired) electrons. The van der Waals surface area contributed by atoms with Gasteiger partial charge in [-0.2, -0.15) is 0 Å². The molecule has 0 aromatic rings. The summed E-state index contributed by atoms with van der Waals surface area (Å²) in [7, 11) is 0. The fourth-order valence-electron chi connectivity index (χ4n) is 7.58. The molecule has 0 saturated carbocycles. The smallest absolute Gasteiger partial charge is 0.220 e. The minimum absolute atomic E-state index is 0.138. The monoisotopic (exact) mass is 724 g/mol. The summed E-state index contributed by atoms with van der Waals surface area (Å²) >= 11 is 0.